The Morgan fingerprint density at radius 2 is 1.72 bits per heavy atom. The van der Waals surface area contributed by atoms with Gasteiger partial charge in [-0.1, -0.05) is 31.4 Å². The zero-order valence-corrected chi connectivity index (χ0v) is 19.6. The Kier molecular flexibility index (Phi) is 7.12. The van der Waals surface area contributed by atoms with Gasteiger partial charge in [0.15, 0.2) is 0 Å². The van der Waals surface area contributed by atoms with Crippen molar-refractivity contribution in [2.75, 3.05) is 38.2 Å². The highest BCUT2D eigenvalue weighted by atomic mass is 16.5. The fourth-order valence-electron chi connectivity index (χ4n) is 4.77. The fraction of sp³-hybridized carbons (Fsp3) is 0.560. The molecule has 172 valence electrons. The highest BCUT2D eigenvalue weighted by Gasteiger charge is 2.26. The summed E-state index contributed by atoms with van der Waals surface area (Å²) in [5.41, 5.74) is 3.37. The van der Waals surface area contributed by atoms with Gasteiger partial charge >= 0.3 is 6.03 Å². The Morgan fingerprint density at radius 3 is 2.38 bits per heavy atom. The lowest BCUT2D eigenvalue weighted by Crippen LogP contribution is -2.54. The molecule has 2 aromatic rings. The maximum atomic E-state index is 12.7. The number of carbonyl (C=O) groups is 1. The van der Waals surface area contributed by atoms with Crippen LogP contribution in [0.4, 0.5) is 10.6 Å². The Labute approximate surface area is 191 Å². The van der Waals surface area contributed by atoms with Gasteiger partial charge in [0.1, 0.15) is 17.4 Å². The van der Waals surface area contributed by atoms with Gasteiger partial charge < -0.3 is 19.9 Å². The molecule has 7 heteroatoms. The minimum atomic E-state index is 0.0880. The summed E-state index contributed by atoms with van der Waals surface area (Å²) in [5, 5.41) is 3.25. The quantitative estimate of drug-likeness (QED) is 0.769. The van der Waals surface area contributed by atoms with E-state index < -0.39 is 0 Å². The van der Waals surface area contributed by atoms with Crippen LogP contribution < -0.4 is 15.0 Å². The largest absolute Gasteiger partial charge is 0.497 e. The molecule has 2 amide bonds. The van der Waals surface area contributed by atoms with Crippen molar-refractivity contribution in [3.05, 3.63) is 46.9 Å². The van der Waals surface area contributed by atoms with Gasteiger partial charge in [-0.15, -0.1) is 0 Å². The van der Waals surface area contributed by atoms with Gasteiger partial charge in [-0.05, 0) is 44.4 Å². The van der Waals surface area contributed by atoms with Crippen LogP contribution >= 0.6 is 0 Å². The third kappa shape index (κ3) is 5.31. The van der Waals surface area contributed by atoms with Gasteiger partial charge in [-0.25, -0.2) is 14.8 Å². The van der Waals surface area contributed by atoms with Crippen molar-refractivity contribution in [1.29, 1.82) is 0 Å². The van der Waals surface area contributed by atoms with Gasteiger partial charge in [0, 0.05) is 49.9 Å². The number of ether oxygens (including phenoxy) is 1. The predicted molar refractivity (Wildman–Crippen MR) is 126 cm³/mol. The molecule has 2 fully saturated rings. The van der Waals surface area contributed by atoms with Crippen LogP contribution in [0.2, 0.25) is 0 Å². The topological polar surface area (TPSA) is 70.6 Å². The van der Waals surface area contributed by atoms with Gasteiger partial charge in [0.2, 0.25) is 0 Å². The summed E-state index contributed by atoms with van der Waals surface area (Å²) in [5.74, 6) is 2.64. The highest BCUT2D eigenvalue weighted by Crippen LogP contribution is 2.26. The molecule has 1 aromatic heterocycles. The third-order valence-corrected chi connectivity index (χ3v) is 6.64. The van der Waals surface area contributed by atoms with Crippen molar-refractivity contribution in [3.63, 3.8) is 0 Å². The third-order valence-electron chi connectivity index (χ3n) is 6.64. The number of benzene rings is 1. The van der Waals surface area contributed by atoms with Crippen molar-refractivity contribution < 1.29 is 9.53 Å². The van der Waals surface area contributed by atoms with Crippen LogP contribution in [0.25, 0.3) is 0 Å². The summed E-state index contributed by atoms with van der Waals surface area (Å²) < 4.78 is 5.28. The number of anilines is 1. The van der Waals surface area contributed by atoms with Crippen LogP contribution in [0.5, 0.6) is 5.75 Å². The van der Waals surface area contributed by atoms with Crippen LogP contribution in [-0.4, -0.2) is 60.2 Å². The molecule has 1 aromatic carbocycles. The average Bonchev–Trinajstić information content (AvgIpc) is 2.82. The van der Waals surface area contributed by atoms with Gasteiger partial charge in [-0.2, -0.15) is 0 Å². The minimum Gasteiger partial charge on any atom is -0.497 e. The van der Waals surface area contributed by atoms with E-state index >= 15 is 0 Å². The second kappa shape index (κ2) is 10.2. The van der Waals surface area contributed by atoms with Gasteiger partial charge in [0.05, 0.1) is 7.11 Å². The van der Waals surface area contributed by atoms with Crippen LogP contribution in [0.1, 0.15) is 54.7 Å². The number of amides is 2. The minimum absolute atomic E-state index is 0.0880. The number of aryl methyl sites for hydroxylation is 2. The molecule has 1 aliphatic heterocycles. The number of hydrogen-bond acceptors (Lipinski definition) is 5. The summed E-state index contributed by atoms with van der Waals surface area (Å²) in [6, 6.07) is 8.60. The lowest BCUT2D eigenvalue weighted by Gasteiger charge is -2.37. The Morgan fingerprint density at radius 1 is 1.03 bits per heavy atom. The van der Waals surface area contributed by atoms with E-state index in [0.717, 1.165) is 61.0 Å². The monoisotopic (exact) mass is 437 g/mol. The molecule has 1 saturated carbocycles. The second-order valence-electron chi connectivity index (χ2n) is 8.94. The number of urea groups is 1. The van der Waals surface area contributed by atoms with Gasteiger partial charge in [0.25, 0.3) is 0 Å². The molecule has 1 N–H and O–H groups in total. The summed E-state index contributed by atoms with van der Waals surface area (Å²) in [4.78, 5) is 26.5. The van der Waals surface area contributed by atoms with E-state index in [2.05, 4.69) is 34.3 Å². The van der Waals surface area contributed by atoms with E-state index in [1.54, 1.807) is 7.11 Å². The lowest BCUT2D eigenvalue weighted by atomic mass is 9.96. The number of aromatic nitrogens is 2. The van der Waals surface area contributed by atoms with E-state index in [1.807, 2.05) is 24.0 Å². The molecule has 1 saturated heterocycles. The van der Waals surface area contributed by atoms with Crippen LogP contribution in [0.15, 0.2) is 24.3 Å². The zero-order valence-electron chi connectivity index (χ0n) is 19.6. The molecular formula is C25H35N5O2. The second-order valence-corrected chi connectivity index (χ2v) is 8.94. The molecule has 0 unspecified atom stereocenters. The van der Waals surface area contributed by atoms with Crippen molar-refractivity contribution >= 4 is 11.8 Å². The summed E-state index contributed by atoms with van der Waals surface area (Å²) >= 11 is 0. The van der Waals surface area contributed by atoms with Crippen molar-refractivity contribution in [3.8, 4) is 5.75 Å². The summed E-state index contributed by atoms with van der Waals surface area (Å²) in [6.45, 7) is 6.99. The number of hydrogen-bond donors (Lipinski definition) is 1. The first-order chi connectivity index (χ1) is 15.5. The standard InChI is InChI=1S/C25H35N5O2/c1-18-23(17-20-9-11-22(32-3)12-10-20)24(27-19(2)26-18)29-13-15-30(16-14-29)25(31)28-21-7-5-4-6-8-21/h9-12,21H,4-8,13-17H2,1-3H3,(H,28,31). The molecule has 0 atom stereocenters. The first kappa shape index (κ1) is 22.4. The maximum Gasteiger partial charge on any atom is 0.317 e. The molecule has 0 bridgehead atoms. The number of nitrogens with zero attached hydrogens (tertiary/aromatic N) is 4. The first-order valence-corrected chi connectivity index (χ1v) is 11.8. The van der Waals surface area contributed by atoms with E-state index in [9.17, 15) is 4.79 Å². The fourth-order valence-corrected chi connectivity index (χ4v) is 4.77. The molecular weight excluding hydrogens is 402 g/mol. The lowest BCUT2D eigenvalue weighted by molar-refractivity contribution is 0.186. The molecule has 0 radical (unpaired) electrons. The summed E-state index contributed by atoms with van der Waals surface area (Å²) in [7, 11) is 1.68. The van der Waals surface area contributed by atoms with Crippen molar-refractivity contribution in [2.24, 2.45) is 0 Å². The predicted octanol–water partition coefficient (Wildman–Crippen LogP) is 3.86. The van der Waals surface area contributed by atoms with E-state index in [0.29, 0.717) is 19.1 Å². The number of carbonyl (C=O) groups excluding carboxylic acids is 1. The SMILES string of the molecule is COc1ccc(Cc2c(C)nc(C)nc2N2CCN(C(=O)NC3CCCCC3)CC2)cc1. The molecule has 2 heterocycles. The van der Waals surface area contributed by atoms with E-state index in [1.165, 1.54) is 24.8 Å². The number of nitrogens with one attached hydrogen (secondary N) is 1. The van der Waals surface area contributed by atoms with Gasteiger partial charge in [-0.3, -0.25) is 0 Å². The Balaban J connectivity index is 1.43. The summed E-state index contributed by atoms with van der Waals surface area (Å²) in [6.07, 6.45) is 6.74. The maximum absolute atomic E-state index is 12.7. The molecule has 32 heavy (non-hydrogen) atoms. The van der Waals surface area contributed by atoms with E-state index in [-0.39, 0.29) is 6.03 Å². The van der Waals surface area contributed by atoms with Crippen LogP contribution in [-0.2, 0) is 6.42 Å². The number of rotatable bonds is 5. The normalized spacial score (nSPS) is 17.3. The highest BCUT2D eigenvalue weighted by molar-refractivity contribution is 5.75. The molecule has 4 rings (SSSR count). The number of piperazine rings is 1. The van der Waals surface area contributed by atoms with Crippen LogP contribution in [0.3, 0.4) is 0 Å². The molecule has 1 aliphatic carbocycles. The molecule has 7 nitrogen and oxygen atoms in total. The Hall–Kier alpha value is -2.83. The van der Waals surface area contributed by atoms with Crippen molar-refractivity contribution in [2.45, 2.75) is 58.4 Å². The number of methoxy groups -OCH3 is 1. The average molecular weight is 438 g/mol. The molecule has 0 spiro atoms. The van der Waals surface area contributed by atoms with Crippen LogP contribution in [0, 0.1) is 13.8 Å². The van der Waals surface area contributed by atoms with Crippen molar-refractivity contribution in [1.82, 2.24) is 20.2 Å². The molecule has 2 aliphatic rings. The Bertz CT molecular complexity index is 917. The first-order valence-electron chi connectivity index (χ1n) is 11.8. The smallest absolute Gasteiger partial charge is 0.317 e. The zero-order chi connectivity index (χ0) is 22.5. The van der Waals surface area contributed by atoms with E-state index in [4.69, 9.17) is 9.72 Å².